The number of halogens is 2. The highest BCUT2D eigenvalue weighted by Gasteiger charge is 2.25. The van der Waals surface area contributed by atoms with Crippen LogP contribution >= 0.6 is 11.6 Å². The number of hydrogen-bond acceptors (Lipinski definition) is 3. The molecule has 0 amide bonds. The molecule has 0 bridgehead atoms. The summed E-state index contributed by atoms with van der Waals surface area (Å²) < 4.78 is 15.3. The van der Waals surface area contributed by atoms with Gasteiger partial charge in [-0.1, -0.05) is 11.6 Å². The van der Waals surface area contributed by atoms with Gasteiger partial charge < -0.3 is 15.2 Å². The Morgan fingerprint density at radius 3 is 2.95 bits per heavy atom. The van der Waals surface area contributed by atoms with Crippen LogP contribution in [0.3, 0.4) is 0 Å². The topological polar surface area (TPSA) is 47.1 Å². The van der Waals surface area contributed by atoms with Crippen molar-refractivity contribution < 1.29 is 4.39 Å². The van der Waals surface area contributed by atoms with Crippen LogP contribution in [0.4, 0.5) is 10.3 Å². The summed E-state index contributed by atoms with van der Waals surface area (Å²) in [6.45, 7) is 1.63. The van der Waals surface area contributed by atoms with E-state index in [1.54, 1.807) is 6.07 Å². The van der Waals surface area contributed by atoms with Gasteiger partial charge in [-0.25, -0.2) is 9.37 Å². The monoisotopic (exact) mass is 282 g/mol. The van der Waals surface area contributed by atoms with Crippen LogP contribution in [-0.2, 0) is 6.54 Å². The van der Waals surface area contributed by atoms with E-state index in [2.05, 4.69) is 16.9 Å². The van der Waals surface area contributed by atoms with Gasteiger partial charge in [-0.15, -0.1) is 0 Å². The third-order valence-electron chi connectivity index (χ3n) is 3.67. The summed E-state index contributed by atoms with van der Waals surface area (Å²) in [6.07, 6.45) is 2.54. The largest absolute Gasteiger partial charge is 0.369 e. The zero-order valence-electron chi connectivity index (χ0n) is 10.7. The molecule has 1 aromatic carbocycles. The maximum atomic E-state index is 13.4. The fourth-order valence-electron chi connectivity index (χ4n) is 2.33. The van der Waals surface area contributed by atoms with Crippen LogP contribution in [0.2, 0.25) is 5.02 Å². The lowest BCUT2D eigenvalue weighted by Gasteiger charge is -2.16. The van der Waals surface area contributed by atoms with Crippen LogP contribution in [0.1, 0.15) is 12.8 Å². The maximum Gasteiger partial charge on any atom is 0.201 e. The first-order valence-electron chi connectivity index (χ1n) is 6.37. The second-order valence-electron chi connectivity index (χ2n) is 5.09. The number of nitrogen functional groups attached to an aromatic ring is 1. The molecule has 102 valence electrons. The first-order chi connectivity index (χ1) is 9.06. The van der Waals surface area contributed by atoms with Crippen molar-refractivity contribution in [1.82, 2.24) is 14.5 Å². The summed E-state index contributed by atoms with van der Waals surface area (Å²) in [5.41, 5.74) is 7.23. The van der Waals surface area contributed by atoms with Crippen LogP contribution in [0.15, 0.2) is 12.1 Å². The number of hydrogen-bond donors (Lipinski definition) is 1. The van der Waals surface area contributed by atoms with Crippen LogP contribution in [-0.4, -0.2) is 34.1 Å². The quantitative estimate of drug-likeness (QED) is 0.937. The highest BCUT2D eigenvalue weighted by atomic mass is 35.5. The number of nitrogens with two attached hydrogens (primary N) is 1. The van der Waals surface area contributed by atoms with Gasteiger partial charge in [0, 0.05) is 25.2 Å². The predicted octanol–water partition coefficient (Wildman–Crippen LogP) is 2.51. The molecule has 3 rings (SSSR count). The fourth-order valence-corrected chi connectivity index (χ4v) is 2.49. The van der Waals surface area contributed by atoms with Crippen molar-refractivity contribution in [3.63, 3.8) is 0 Å². The van der Waals surface area contributed by atoms with E-state index < -0.39 is 5.82 Å². The number of nitrogens with zero attached hydrogens (tertiary/aromatic N) is 3. The zero-order chi connectivity index (χ0) is 13.6. The van der Waals surface area contributed by atoms with Gasteiger partial charge in [0.2, 0.25) is 5.95 Å². The van der Waals surface area contributed by atoms with Gasteiger partial charge in [-0.3, -0.25) is 0 Å². The minimum Gasteiger partial charge on any atom is -0.369 e. The van der Waals surface area contributed by atoms with Crippen LogP contribution in [0, 0.1) is 5.82 Å². The molecular weight excluding hydrogens is 267 g/mol. The summed E-state index contributed by atoms with van der Waals surface area (Å²) in [4.78, 5) is 6.49. The third kappa shape index (κ3) is 2.40. The minimum atomic E-state index is -0.464. The van der Waals surface area contributed by atoms with E-state index in [9.17, 15) is 4.39 Å². The number of fused-ring (bicyclic) bond motifs is 1. The molecule has 0 spiro atoms. The van der Waals surface area contributed by atoms with Crippen molar-refractivity contribution >= 4 is 28.6 Å². The van der Waals surface area contributed by atoms with Gasteiger partial charge >= 0.3 is 0 Å². The fraction of sp³-hybridized carbons (Fsp3) is 0.462. The average Bonchev–Trinajstić information content (AvgIpc) is 3.15. The van der Waals surface area contributed by atoms with Crippen LogP contribution in [0.25, 0.3) is 11.0 Å². The number of anilines is 1. The van der Waals surface area contributed by atoms with Crippen LogP contribution < -0.4 is 5.73 Å². The molecule has 1 fully saturated rings. The summed E-state index contributed by atoms with van der Waals surface area (Å²) in [5.74, 6) is -0.0604. The number of aromatic nitrogens is 2. The van der Waals surface area contributed by atoms with Crippen molar-refractivity contribution in [3.8, 4) is 0 Å². The smallest absolute Gasteiger partial charge is 0.201 e. The maximum absolute atomic E-state index is 13.4. The number of benzene rings is 1. The van der Waals surface area contributed by atoms with Gasteiger partial charge in [0.25, 0.3) is 0 Å². The molecular formula is C13H16ClFN4. The Morgan fingerprint density at radius 2 is 2.26 bits per heavy atom. The predicted molar refractivity (Wildman–Crippen MR) is 74.8 cm³/mol. The van der Waals surface area contributed by atoms with Gasteiger partial charge in [0.15, 0.2) is 0 Å². The highest BCUT2D eigenvalue weighted by molar-refractivity contribution is 6.31. The molecule has 0 saturated heterocycles. The van der Waals surface area contributed by atoms with Crippen molar-refractivity contribution in [2.75, 3.05) is 19.3 Å². The lowest BCUT2D eigenvalue weighted by molar-refractivity contribution is 0.311. The van der Waals surface area contributed by atoms with Gasteiger partial charge in [-0.2, -0.15) is 0 Å². The van der Waals surface area contributed by atoms with Crippen LogP contribution in [0.5, 0.6) is 0 Å². The molecule has 0 radical (unpaired) electrons. The van der Waals surface area contributed by atoms with Crippen molar-refractivity contribution in [2.24, 2.45) is 0 Å². The Hall–Kier alpha value is -1.33. The van der Waals surface area contributed by atoms with E-state index in [1.807, 2.05) is 4.57 Å². The molecule has 4 nitrogen and oxygen atoms in total. The summed E-state index contributed by atoms with van der Waals surface area (Å²) in [6, 6.07) is 3.62. The summed E-state index contributed by atoms with van der Waals surface area (Å²) >= 11 is 5.82. The van der Waals surface area contributed by atoms with E-state index in [1.165, 1.54) is 18.9 Å². The van der Waals surface area contributed by atoms with Gasteiger partial charge in [-0.05, 0) is 26.0 Å². The Labute approximate surface area is 116 Å². The molecule has 2 aromatic rings. The lowest BCUT2D eigenvalue weighted by Crippen LogP contribution is -2.25. The molecule has 1 heterocycles. The zero-order valence-corrected chi connectivity index (χ0v) is 11.5. The first kappa shape index (κ1) is 12.7. The molecule has 1 aliphatic carbocycles. The molecule has 0 atom stereocenters. The Bertz CT molecular complexity index is 621. The summed E-state index contributed by atoms with van der Waals surface area (Å²) in [5, 5.41) is 0.101. The molecule has 1 saturated carbocycles. The van der Waals surface area contributed by atoms with E-state index in [4.69, 9.17) is 17.3 Å². The Kier molecular flexibility index (Phi) is 3.11. The standard InChI is InChI=1S/C13H16ClFN4/c1-18(8-2-3-8)4-5-19-12-6-9(14)10(15)7-11(12)17-13(19)16/h6-8H,2-5H2,1H3,(H2,16,17). The lowest BCUT2D eigenvalue weighted by atomic mass is 10.3. The first-order valence-corrected chi connectivity index (χ1v) is 6.75. The Morgan fingerprint density at radius 1 is 1.53 bits per heavy atom. The van der Waals surface area contributed by atoms with Gasteiger partial charge in [0.1, 0.15) is 5.82 Å². The van der Waals surface area contributed by atoms with E-state index in [-0.39, 0.29) is 5.02 Å². The highest BCUT2D eigenvalue weighted by Crippen LogP contribution is 2.27. The molecule has 6 heteroatoms. The summed E-state index contributed by atoms with van der Waals surface area (Å²) in [7, 11) is 2.11. The second-order valence-corrected chi connectivity index (χ2v) is 5.50. The minimum absolute atomic E-state index is 0.101. The number of likely N-dealkylation sites (N-methyl/N-ethyl adjacent to an activating group) is 1. The molecule has 0 unspecified atom stereocenters. The van der Waals surface area contributed by atoms with Crippen molar-refractivity contribution in [2.45, 2.75) is 25.4 Å². The SMILES string of the molecule is CN(CCn1c(N)nc2cc(F)c(Cl)cc21)C1CC1. The number of imidazole rings is 1. The molecule has 1 aromatic heterocycles. The molecule has 1 aliphatic rings. The van der Waals surface area contributed by atoms with E-state index >= 15 is 0 Å². The number of rotatable bonds is 4. The van der Waals surface area contributed by atoms with E-state index in [0.717, 1.165) is 18.6 Å². The van der Waals surface area contributed by atoms with Gasteiger partial charge in [0.05, 0.1) is 16.1 Å². The third-order valence-corrected chi connectivity index (χ3v) is 3.96. The molecule has 2 N–H and O–H groups in total. The normalized spacial score (nSPS) is 15.6. The van der Waals surface area contributed by atoms with E-state index in [0.29, 0.717) is 17.5 Å². The van der Waals surface area contributed by atoms with Crippen molar-refractivity contribution in [1.29, 1.82) is 0 Å². The average molecular weight is 283 g/mol. The second kappa shape index (κ2) is 4.65. The Balaban J connectivity index is 1.88. The molecule has 19 heavy (non-hydrogen) atoms. The molecule has 0 aliphatic heterocycles. The van der Waals surface area contributed by atoms with Crippen molar-refractivity contribution in [3.05, 3.63) is 23.0 Å².